The Balaban J connectivity index is 2.07. The lowest BCUT2D eigenvalue weighted by atomic mass is 10.1. The van der Waals surface area contributed by atoms with Gasteiger partial charge in [-0.3, -0.25) is 9.59 Å². The Hall–Kier alpha value is -1.10. The molecule has 3 N–H and O–H groups in total. The minimum absolute atomic E-state index is 0.0267. The molecule has 0 spiro atoms. The third-order valence-corrected chi connectivity index (χ3v) is 2.87. The first-order valence-electron chi connectivity index (χ1n) is 5.78. The molecule has 0 aliphatic heterocycles. The highest BCUT2D eigenvalue weighted by molar-refractivity contribution is 5.85. The maximum Gasteiger partial charge on any atom is 0.305 e. The summed E-state index contributed by atoms with van der Waals surface area (Å²) in [5.41, 5.74) is 5.23. The molecule has 0 saturated heterocycles. The van der Waals surface area contributed by atoms with Gasteiger partial charge in [0, 0.05) is 19.5 Å². The van der Waals surface area contributed by atoms with Crippen molar-refractivity contribution >= 4 is 11.9 Å². The minimum atomic E-state index is -0.302. The molecule has 5 nitrogen and oxygen atoms in total. The molecule has 0 heterocycles. The Morgan fingerprint density at radius 3 is 2.62 bits per heavy atom. The van der Waals surface area contributed by atoms with Crippen molar-refractivity contribution in [2.24, 2.45) is 11.1 Å². The molecule has 0 radical (unpaired) electrons. The average molecular weight is 228 g/mol. The maximum atomic E-state index is 11.6. The fourth-order valence-corrected chi connectivity index (χ4v) is 1.53. The molecule has 0 unspecified atom stereocenters. The number of amides is 1. The van der Waals surface area contributed by atoms with Crippen LogP contribution in [0.3, 0.4) is 0 Å². The van der Waals surface area contributed by atoms with Gasteiger partial charge in [-0.2, -0.15) is 0 Å². The van der Waals surface area contributed by atoms with Crippen LogP contribution in [-0.4, -0.2) is 31.6 Å². The summed E-state index contributed by atoms with van der Waals surface area (Å²) in [6, 6.07) is 0. The van der Waals surface area contributed by atoms with Crippen LogP contribution in [0.2, 0.25) is 0 Å². The van der Waals surface area contributed by atoms with E-state index in [1.165, 1.54) is 0 Å². The fourth-order valence-electron chi connectivity index (χ4n) is 1.53. The molecule has 1 saturated carbocycles. The molecule has 5 heteroatoms. The second-order valence-electron chi connectivity index (χ2n) is 4.15. The zero-order valence-corrected chi connectivity index (χ0v) is 9.75. The Labute approximate surface area is 95.7 Å². The standard InChI is InChI=1S/C11H20N2O3/c1-2-16-9(14)4-3-7-13-10(15)11(8-12)5-6-11/h2-8,12H2,1H3,(H,13,15). The SMILES string of the molecule is CCOC(=O)CCCNC(=O)C1(CN)CC1. The lowest BCUT2D eigenvalue weighted by molar-refractivity contribution is -0.143. The average Bonchev–Trinajstić information content (AvgIpc) is 3.05. The van der Waals surface area contributed by atoms with E-state index in [1.807, 2.05) is 0 Å². The van der Waals surface area contributed by atoms with Crippen molar-refractivity contribution in [3.8, 4) is 0 Å². The molecule has 1 aliphatic carbocycles. The van der Waals surface area contributed by atoms with Gasteiger partial charge in [0.2, 0.25) is 5.91 Å². The van der Waals surface area contributed by atoms with Gasteiger partial charge >= 0.3 is 5.97 Å². The second-order valence-corrected chi connectivity index (χ2v) is 4.15. The van der Waals surface area contributed by atoms with Crippen molar-refractivity contribution < 1.29 is 14.3 Å². The molecular weight excluding hydrogens is 208 g/mol. The monoisotopic (exact) mass is 228 g/mol. The molecular formula is C11H20N2O3. The summed E-state index contributed by atoms with van der Waals surface area (Å²) in [5, 5.41) is 2.81. The van der Waals surface area contributed by atoms with Gasteiger partial charge in [0.05, 0.1) is 12.0 Å². The summed E-state index contributed by atoms with van der Waals surface area (Å²) in [4.78, 5) is 22.6. The number of esters is 1. The number of hydrogen-bond donors (Lipinski definition) is 2. The predicted octanol–water partition coefficient (Wildman–Crippen LogP) is 0.185. The predicted molar refractivity (Wildman–Crippen MR) is 59.6 cm³/mol. The van der Waals surface area contributed by atoms with Gasteiger partial charge in [-0.05, 0) is 26.2 Å². The quantitative estimate of drug-likeness (QED) is 0.481. The first kappa shape index (κ1) is 13.0. The highest BCUT2D eigenvalue weighted by Crippen LogP contribution is 2.44. The molecule has 92 valence electrons. The van der Waals surface area contributed by atoms with E-state index in [4.69, 9.17) is 10.5 Å². The number of ether oxygens (including phenoxy) is 1. The molecule has 0 atom stereocenters. The summed E-state index contributed by atoms with van der Waals surface area (Å²) in [6.45, 7) is 3.11. The van der Waals surface area contributed by atoms with Crippen molar-refractivity contribution in [3.05, 3.63) is 0 Å². The minimum Gasteiger partial charge on any atom is -0.466 e. The van der Waals surface area contributed by atoms with Gasteiger partial charge in [0.1, 0.15) is 0 Å². The largest absolute Gasteiger partial charge is 0.466 e. The van der Waals surface area contributed by atoms with Crippen molar-refractivity contribution in [3.63, 3.8) is 0 Å². The second kappa shape index (κ2) is 5.84. The van der Waals surface area contributed by atoms with Crippen LogP contribution >= 0.6 is 0 Å². The normalized spacial score (nSPS) is 16.6. The Bertz CT molecular complexity index is 262. The molecule has 0 bridgehead atoms. The highest BCUT2D eigenvalue weighted by atomic mass is 16.5. The topological polar surface area (TPSA) is 81.4 Å². The van der Waals surface area contributed by atoms with Crippen molar-refractivity contribution in [2.45, 2.75) is 32.6 Å². The van der Waals surface area contributed by atoms with Crippen LogP contribution in [0.5, 0.6) is 0 Å². The number of nitrogens with one attached hydrogen (secondary N) is 1. The van der Waals surface area contributed by atoms with Crippen LogP contribution in [0.15, 0.2) is 0 Å². The number of rotatable bonds is 7. The first-order chi connectivity index (χ1) is 7.64. The van der Waals surface area contributed by atoms with Crippen LogP contribution in [0, 0.1) is 5.41 Å². The lowest BCUT2D eigenvalue weighted by Crippen LogP contribution is -2.37. The summed E-state index contributed by atoms with van der Waals surface area (Å²) in [6.07, 6.45) is 2.73. The summed E-state index contributed by atoms with van der Waals surface area (Å²) in [5.74, 6) is -0.185. The number of carbonyl (C=O) groups excluding carboxylic acids is 2. The van der Waals surface area contributed by atoms with Crippen LogP contribution in [0.1, 0.15) is 32.6 Å². The van der Waals surface area contributed by atoms with Gasteiger partial charge < -0.3 is 15.8 Å². The Morgan fingerprint density at radius 2 is 2.12 bits per heavy atom. The molecule has 1 aliphatic rings. The number of hydrogen-bond acceptors (Lipinski definition) is 4. The van der Waals surface area contributed by atoms with E-state index in [9.17, 15) is 9.59 Å². The van der Waals surface area contributed by atoms with E-state index in [1.54, 1.807) is 6.92 Å². The van der Waals surface area contributed by atoms with Gasteiger partial charge in [0.25, 0.3) is 0 Å². The Kier molecular flexibility index (Phi) is 4.73. The van der Waals surface area contributed by atoms with Crippen molar-refractivity contribution in [2.75, 3.05) is 19.7 Å². The molecule has 1 fully saturated rings. The zero-order chi connectivity index (χ0) is 12.0. The first-order valence-corrected chi connectivity index (χ1v) is 5.78. The molecule has 0 aromatic carbocycles. The highest BCUT2D eigenvalue weighted by Gasteiger charge is 2.48. The molecule has 0 aromatic rings. The summed E-state index contributed by atoms with van der Waals surface area (Å²) >= 11 is 0. The van der Waals surface area contributed by atoms with E-state index >= 15 is 0 Å². The smallest absolute Gasteiger partial charge is 0.305 e. The summed E-state index contributed by atoms with van der Waals surface area (Å²) in [7, 11) is 0. The van der Waals surface area contributed by atoms with E-state index in [-0.39, 0.29) is 17.3 Å². The van der Waals surface area contributed by atoms with Crippen LogP contribution in [-0.2, 0) is 14.3 Å². The van der Waals surface area contributed by atoms with Crippen LogP contribution in [0.4, 0.5) is 0 Å². The van der Waals surface area contributed by atoms with Gasteiger partial charge in [-0.25, -0.2) is 0 Å². The molecule has 1 amide bonds. The van der Waals surface area contributed by atoms with Crippen LogP contribution in [0.25, 0.3) is 0 Å². The van der Waals surface area contributed by atoms with Crippen LogP contribution < -0.4 is 11.1 Å². The number of carbonyl (C=O) groups is 2. The fraction of sp³-hybridized carbons (Fsp3) is 0.818. The summed E-state index contributed by atoms with van der Waals surface area (Å²) < 4.78 is 4.78. The van der Waals surface area contributed by atoms with Gasteiger partial charge in [-0.15, -0.1) is 0 Å². The van der Waals surface area contributed by atoms with Gasteiger partial charge in [-0.1, -0.05) is 0 Å². The Morgan fingerprint density at radius 1 is 1.44 bits per heavy atom. The lowest BCUT2D eigenvalue weighted by Gasteiger charge is -2.12. The van der Waals surface area contributed by atoms with E-state index in [0.717, 1.165) is 12.8 Å². The maximum absolute atomic E-state index is 11.6. The van der Waals surface area contributed by atoms with Crippen molar-refractivity contribution in [1.29, 1.82) is 0 Å². The van der Waals surface area contributed by atoms with E-state index < -0.39 is 0 Å². The van der Waals surface area contributed by atoms with Gasteiger partial charge in [0.15, 0.2) is 0 Å². The number of nitrogens with two attached hydrogens (primary N) is 1. The molecule has 0 aromatic heterocycles. The third kappa shape index (κ3) is 3.48. The van der Waals surface area contributed by atoms with Crippen molar-refractivity contribution in [1.82, 2.24) is 5.32 Å². The van der Waals surface area contributed by atoms with E-state index in [2.05, 4.69) is 5.32 Å². The molecule has 1 rings (SSSR count). The molecule has 16 heavy (non-hydrogen) atoms. The van der Waals surface area contributed by atoms with E-state index in [0.29, 0.717) is 32.5 Å². The third-order valence-electron chi connectivity index (χ3n) is 2.87. The zero-order valence-electron chi connectivity index (χ0n) is 9.75.